The number of hydrogen-bond acceptors (Lipinski definition) is 4. The zero-order valence-electron chi connectivity index (χ0n) is 17.4. The van der Waals surface area contributed by atoms with E-state index in [4.69, 9.17) is 16.3 Å². The van der Waals surface area contributed by atoms with Crippen molar-refractivity contribution in [3.63, 3.8) is 0 Å². The number of methoxy groups -OCH3 is 1. The quantitative estimate of drug-likeness (QED) is 0.654. The van der Waals surface area contributed by atoms with E-state index in [9.17, 15) is 4.79 Å². The molecule has 0 spiro atoms. The number of anilines is 1. The molecular formula is C23H27ClN4O2. The fraction of sp³-hybridized carbons (Fsp3) is 0.348. The molecule has 0 aliphatic carbocycles. The van der Waals surface area contributed by atoms with Crippen molar-refractivity contribution >= 4 is 17.3 Å². The zero-order valence-corrected chi connectivity index (χ0v) is 18.2. The molecule has 1 aromatic heterocycles. The molecule has 1 aliphatic rings. The Kier molecular flexibility index (Phi) is 6.27. The molecule has 1 fully saturated rings. The van der Waals surface area contributed by atoms with E-state index >= 15 is 0 Å². The van der Waals surface area contributed by atoms with Gasteiger partial charge in [-0.3, -0.25) is 14.8 Å². The molecule has 6 nitrogen and oxygen atoms in total. The Morgan fingerprint density at radius 1 is 1.07 bits per heavy atom. The summed E-state index contributed by atoms with van der Waals surface area (Å²) < 4.78 is 6.92. The van der Waals surface area contributed by atoms with E-state index in [0.717, 1.165) is 42.6 Å². The van der Waals surface area contributed by atoms with Crippen molar-refractivity contribution in [1.29, 1.82) is 0 Å². The summed E-state index contributed by atoms with van der Waals surface area (Å²) in [5.41, 5.74) is 4.82. The molecule has 0 unspecified atom stereocenters. The number of para-hydroxylation sites is 1. The number of nitrogens with one attached hydrogen (secondary N) is 1. The molecule has 30 heavy (non-hydrogen) atoms. The smallest absolute Gasteiger partial charge is 0.277 e. The summed E-state index contributed by atoms with van der Waals surface area (Å²) in [6, 6.07) is 15.7. The fourth-order valence-corrected chi connectivity index (χ4v) is 4.16. The largest absolute Gasteiger partial charge is 0.380 e. The van der Waals surface area contributed by atoms with Crippen LogP contribution in [0.5, 0.6) is 0 Å². The third kappa shape index (κ3) is 4.31. The predicted octanol–water partition coefficient (Wildman–Crippen LogP) is 3.60. The number of aryl methyl sites for hydroxylation is 1. The molecule has 7 heteroatoms. The van der Waals surface area contributed by atoms with Crippen molar-refractivity contribution in [3.05, 3.63) is 80.7 Å². The van der Waals surface area contributed by atoms with Crippen molar-refractivity contribution < 1.29 is 4.74 Å². The van der Waals surface area contributed by atoms with E-state index in [2.05, 4.69) is 27.9 Å². The molecule has 0 bridgehead atoms. The van der Waals surface area contributed by atoms with Gasteiger partial charge in [0.05, 0.1) is 23.6 Å². The molecule has 1 N–H and O–H groups in total. The highest BCUT2D eigenvalue weighted by molar-refractivity contribution is 6.30. The fourth-order valence-electron chi connectivity index (χ4n) is 3.99. The Balaban J connectivity index is 1.50. The van der Waals surface area contributed by atoms with E-state index in [1.54, 1.807) is 11.8 Å². The minimum absolute atomic E-state index is 0.0498. The first-order valence-corrected chi connectivity index (χ1v) is 10.5. The van der Waals surface area contributed by atoms with E-state index in [-0.39, 0.29) is 5.56 Å². The second-order valence-corrected chi connectivity index (χ2v) is 8.11. The van der Waals surface area contributed by atoms with E-state index in [1.165, 1.54) is 11.3 Å². The number of hydrogen-bond donors (Lipinski definition) is 1. The summed E-state index contributed by atoms with van der Waals surface area (Å²) in [7, 11) is 1.62. The number of aromatic nitrogens is 2. The monoisotopic (exact) mass is 426 g/mol. The molecule has 0 saturated carbocycles. The number of piperazine rings is 1. The standard InChI is InChI=1S/C23H27ClN4O2/c1-17-8-9-18(24)14-22(17)27-12-10-26(11-13-27)15-21-20(16-30-2)23(29)28(25-21)19-6-4-3-5-7-19/h3-9,14,25H,10-13,15-16H2,1-2H3. The number of aromatic amines is 1. The Bertz CT molecular complexity index is 1050. The first-order valence-electron chi connectivity index (χ1n) is 10.2. The Morgan fingerprint density at radius 2 is 1.80 bits per heavy atom. The number of nitrogens with zero attached hydrogens (tertiary/aromatic N) is 3. The van der Waals surface area contributed by atoms with Crippen LogP contribution in [0.2, 0.25) is 5.02 Å². The van der Waals surface area contributed by atoms with Crippen LogP contribution in [-0.2, 0) is 17.9 Å². The van der Waals surface area contributed by atoms with Crippen molar-refractivity contribution in [1.82, 2.24) is 14.7 Å². The van der Waals surface area contributed by atoms with Crippen LogP contribution < -0.4 is 10.5 Å². The highest BCUT2D eigenvalue weighted by Crippen LogP contribution is 2.25. The van der Waals surface area contributed by atoms with Gasteiger partial charge in [-0.2, -0.15) is 0 Å². The number of halogens is 1. The molecule has 2 heterocycles. The second kappa shape index (κ2) is 9.08. The van der Waals surface area contributed by atoms with Crippen molar-refractivity contribution in [3.8, 4) is 5.69 Å². The third-order valence-electron chi connectivity index (χ3n) is 5.64. The Hall–Kier alpha value is -2.54. The molecule has 1 saturated heterocycles. The number of benzene rings is 2. The van der Waals surface area contributed by atoms with Crippen LogP contribution in [0.3, 0.4) is 0 Å². The van der Waals surface area contributed by atoms with Gasteiger partial charge in [-0.1, -0.05) is 35.9 Å². The molecule has 0 amide bonds. The average molecular weight is 427 g/mol. The minimum Gasteiger partial charge on any atom is -0.380 e. The lowest BCUT2D eigenvalue weighted by Crippen LogP contribution is -2.46. The highest BCUT2D eigenvalue weighted by Gasteiger charge is 2.22. The van der Waals surface area contributed by atoms with E-state index in [1.807, 2.05) is 42.5 Å². The second-order valence-electron chi connectivity index (χ2n) is 7.67. The van der Waals surface area contributed by atoms with Crippen molar-refractivity contribution in [2.75, 3.05) is 38.2 Å². The van der Waals surface area contributed by atoms with Crippen LogP contribution in [0, 0.1) is 6.92 Å². The molecular weight excluding hydrogens is 400 g/mol. The molecule has 0 atom stereocenters. The zero-order chi connectivity index (χ0) is 21.1. The molecule has 1 aliphatic heterocycles. The van der Waals surface area contributed by atoms with Crippen LogP contribution >= 0.6 is 11.6 Å². The summed E-state index contributed by atoms with van der Waals surface area (Å²) >= 11 is 6.20. The highest BCUT2D eigenvalue weighted by atomic mass is 35.5. The van der Waals surface area contributed by atoms with Crippen LogP contribution in [0.4, 0.5) is 5.69 Å². The molecule has 158 valence electrons. The molecule has 4 rings (SSSR count). The lowest BCUT2D eigenvalue weighted by atomic mass is 10.1. The maximum atomic E-state index is 12.9. The van der Waals surface area contributed by atoms with Crippen LogP contribution in [0.25, 0.3) is 5.69 Å². The van der Waals surface area contributed by atoms with Crippen molar-refractivity contribution in [2.45, 2.75) is 20.1 Å². The van der Waals surface area contributed by atoms with Gasteiger partial charge < -0.3 is 9.64 Å². The van der Waals surface area contributed by atoms with Gasteiger partial charge >= 0.3 is 0 Å². The van der Waals surface area contributed by atoms with Gasteiger partial charge in [0, 0.05) is 50.5 Å². The predicted molar refractivity (Wildman–Crippen MR) is 121 cm³/mol. The maximum Gasteiger partial charge on any atom is 0.277 e. The average Bonchev–Trinajstić information content (AvgIpc) is 3.07. The van der Waals surface area contributed by atoms with E-state index in [0.29, 0.717) is 18.7 Å². The lowest BCUT2D eigenvalue weighted by molar-refractivity contribution is 0.181. The summed E-state index contributed by atoms with van der Waals surface area (Å²) in [4.78, 5) is 17.7. The number of ether oxygens (including phenoxy) is 1. The SMILES string of the molecule is COCc1c(CN2CCN(c3cc(Cl)ccc3C)CC2)[nH]n(-c2ccccc2)c1=O. The lowest BCUT2D eigenvalue weighted by Gasteiger charge is -2.36. The van der Waals surface area contributed by atoms with Crippen LogP contribution in [0.1, 0.15) is 16.8 Å². The summed E-state index contributed by atoms with van der Waals surface area (Å²) in [6.45, 7) is 6.77. The topological polar surface area (TPSA) is 53.5 Å². The van der Waals surface area contributed by atoms with Crippen LogP contribution in [-0.4, -0.2) is 48.0 Å². The van der Waals surface area contributed by atoms with E-state index < -0.39 is 0 Å². The van der Waals surface area contributed by atoms with Gasteiger partial charge in [0.2, 0.25) is 0 Å². The van der Waals surface area contributed by atoms with Gasteiger partial charge in [-0.15, -0.1) is 0 Å². The Morgan fingerprint density at radius 3 is 2.50 bits per heavy atom. The van der Waals surface area contributed by atoms with Gasteiger partial charge in [-0.05, 0) is 36.8 Å². The number of rotatable bonds is 6. The third-order valence-corrected chi connectivity index (χ3v) is 5.88. The van der Waals surface area contributed by atoms with Crippen LogP contribution in [0.15, 0.2) is 53.3 Å². The maximum absolute atomic E-state index is 12.9. The first kappa shape index (κ1) is 20.7. The van der Waals surface area contributed by atoms with Crippen molar-refractivity contribution in [2.24, 2.45) is 0 Å². The minimum atomic E-state index is -0.0498. The summed E-state index contributed by atoms with van der Waals surface area (Å²) in [6.07, 6.45) is 0. The van der Waals surface area contributed by atoms with Gasteiger partial charge in [0.15, 0.2) is 0 Å². The molecule has 2 aromatic carbocycles. The molecule has 0 radical (unpaired) electrons. The normalized spacial score (nSPS) is 15.0. The van der Waals surface area contributed by atoms with Gasteiger partial charge in [0.1, 0.15) is 0 Å². The number of H-pyrrole nitrogens is 1. The first-order chi connectivity index (χ1) is 14.6. The summed E-state index contributed by atoms with van der Waals surface area (Å²) in [5.74, 6) is 0. The van der Waals surface area contributed by atoms with Gasteiger partial charge in [0.25, 0.3) is 5.56 Å². The molecule has 3 aromatic rings. The summed E-state index contributed by atoms with van der Waals surface area (Å²) in [5, 5.41) is 4.08. The Labute approximate surface area is 181 Å². The van der Waals surface area contributed by atoms with Gasteiger partial charge in [-0.25, -0.2) is 4.68 Å².